The zero-order valence-corrected chi connectivity index (χ0v) is 22.7. The number of hydrogen-bond donors (Lipinski definition) is 1. The summed E-state index contributed by atoms with van der Waals surface area (Å²) >= 11 is 0. The molecule has 34 heavy (non-hydrogen) atoms. The Balaban J connectivity index is 2.19. The molecular weight excluding hydrogens is 416 g/mol. The lowest BCUT2D eigenvalue weighted by Gasteiger charge is -2.26. The lowest BCUT2D eigenvalue weighted by molar-refractivity contribution is 0.490. The van der Waals surface area contributed by atoms with Crippen molar-refractivity contribution in [2.75, 3.05) is 37.6 Å². The fourth-order valence-corrected chi connectivity index (χ4v) is 4.53. The van der Waals surface area contributed by atoms with Gasteiger partial charge in [-0.15, -0.1) is 0 Å². The largest absolute Gasteiger partial charge is 0.368 e. The average molecular weight is 461 g/mol. The Kier molecular flexibility index (Phi) is 8.35. The van der Waals surface area contributed by atoms with Gasteiger partial charge in [0, 0.05) is 37.9 Å². The summed E-state index contributed by atoms with van der Waals surface area (Å²) in [4.78, 5) is 6.68. The maximum Gasteiger partial charge on any atom is 0.0938 e. The van der Waals surface area contributed by atoms with E-state index < -0.39 is 0 Å². The maximum absolute atomic E-state index is 3.65. The SMILES string of the molecule is C/C=C\N(C)CNc1cc(-c2c(C(C)C)cc(C(C)C)cc2C(C)C)cc(N2C=CN(C)C2)c1. The van der Waals surface area contributed by atoms with Crippen molar-refractivity contribution in [3.05, 3.63) is 71.7 Å². The molecule has 3 rings (SSSR count). The first kappa shape index (κ1) is 25.7. The van der Waals surface area contributed by atoms with E-state index >= 15 is 0 Å². The van der Waals surface area contributed by atoms with E-state index in [1.54, 1.807) is 0 Å². The Morgan fingerprint density at radius 1 is 0.912 bits per heavy atom. The molecule has 0 radical (unpaired) electrons. The van der Waals surface area contributed by atoms with Crippen molar-refractivity contribution < 1.29 is 0 Å². The fraction of sp³-hybridized carbons (Fsp3) is 0.467. The van der Waals surface area contributed by atoms with Gasteiger partial charge < -0.3 is 20.0 Å². The summed E-state index contributed by atoms with van der Waals surface area (Å²) in [5, 5.41) is 3.65. The van der Waals surface area contributed by atoms with E-state index in [4.69, 9.17) is 0 Å². The smallest absolute Gasteiger partial charge is 0.0938 e. The average Bonchev–Trinajstić information content (AvgIpc) is 3.23. The molecule has 0 aliphatic carbocycles. The molecule has 1 aliphatic heterocycles. The molecule has 0 spiro atoms. The molecule has 184 valence electrons. The van der Waals surface area contributed by atoms with Crippen molar-refractivity contribution in [1.82, 2.24) is 9.80 Å². The topological polar surface area (TPSA) is 21.8 Å². The molecule has 0 amide bonds. The number of hydrogen-bond acceptors (Lipinski definition) is 4. The molecule has 0 aromatic heterocycles. The van der Waals surface area contributed by atoms with Crippen LogP contribution in [0.25, 0.3) is 11.1 Å². The summed E-state index contributed by atoms with van der Waals surface area (Å²) in [6, 6.07) is 11.9. The van der Waals surface area contributed by atoms with Crippen LogP contribution in [0, 0.1) is 0 Å². The Bertz CT molecular complexity index is 1000. The van der Waals surface area contributed by atoms with Gasteiger partial charge in [0.2, 0.25) is 0 Å². The Labute approximate surface area is 208 Å². The number of benzene rings is 2. The van der Waals surface area contributed by atoms with Crippen molar-refractivity contribution in [3.8, 4) is 11.1 Å². The third kappa shape index (κ3) is 5.97. The minimum Gasteiger partial charge on any atom is -0.368 e. The monoisotopic (exact) mass is 460 g/mol. The van der Waals surface area contributed by atoms with Crippen LogP contribution in [-0.2, 0) is 0 Å². The van der Waals surface area contributed by atoms with Crippen LogP contribution in [0.3, 0.4) is 0 Å². The molecule has 2 aromatic rings. The second-order valence-electron chi connectivity index (χ2n) is 10.5. The van der Waals surface area contributed by atoms with Crippen LogP contribution in [0.5, 0.6) is 0 Å². The van der Waals surface area contributed by atoms with E-state index in [0.29, 0.717) is 17.8 Å². The number of nitrogens with zero attached hydrogens (tertiary/aromatic N) is 3. The number of allylic oxidation sites excluding steroid dienone is 1. The van der Waals surface area contributed by atoms with E-state index in [1.807, 2.05) is 6.92 Å². The predicted octanol–water partition coefficient (Wildman–Crippen LogP) is 7.74. The first-order valence-electron chi connectivity index (χ1n) is 12.7. The molecule has 4 heteroatoms. The third-order valence-electron chi connectivity index (χ3n) is 6.48. The summed E-state index contributed by atoms with van der Waals surface area (Å²) < 4.78 is 0. The molecular formula is C30H44N4. The molecule has 1 N–H and O–H groups in total. The van der Waals surface area contributed by atoms with Crippen molar-refractivity contribution in [2.24, 2.45) is 0 Å². The van der Waals surface area contributed by atoms with Crippen molar-refractivity contribution >= 4 is 11.4 Å². The van der Waals surface area contributed by atoms with Gasteiger partial charge in [-0.2, -0.15) is 0 Å². The summed E-state index contributed by atoms with van der Waals surface area (Å²) in [5.74, 6) is 1.41. The number of anilines is 2. The van der Waals surface area contributed by atoms with E-state index in [-0.39, 0.29) is 0 Å². The number of rotatable bonds is 9. The highest BCUT2D eigenvalue weighted by Gasteiger charge is 2.21. The van der Waals surface area contributed by atoms with E-state index in [0.717, 1.165) is 19.0 Å². The molecule has 1 heterocycles. The molecule has 1 aliphatic rings. The molecule has 0 unspecified atom stereocenters. The zero-order chi connectivity index (χ0) is 25.0. The molecule has 0 bridgehead atoms. The van der Waals surface area contributed by atoms with Gasteiger partial charge >= 0.3 is 0 Å². The summed E-state index contributed by atoms with van der Waals surface area (Å²) in [6.07, 6.45) is 8.46. The highest BCUT2D eigenvalue weighted by Crippen LogP contribution is 2.41. The van der Waals surface area contributed by atoms with Gasteiger partial charge in [-0.05, 0) is 76.9 Å². The lowest BCUT2D eigenvalue weighted by atomic mass is 9.81. The van der Waals surface area contributed by atoms with Gasteiger partial charge in [0.05, 0.1) is 13.3 Å². The van der Waals surface area contributed by atoms with Gasteiger partial charge in [0.1, 0.15) is 0 Å². The normalized spacial score (nSPS) is 13.9. The van der Waals surface area contributed by atoms with Crippen LogP contribution in [0.2, 0.25) is 0 Å². The van der Waals surface area contributed by atoms with Crippen LogP contribution < -0.4 is 10.2 Å². The van der Waals surface area contributed by atoms with Gasteiger partial charge in [0.25, 0.3) is 0 Å². The third-order valence-corrected chi connectivity index (χ3v) is 6.48. The first-order valence-corrected chi connectivity index (χ1v) is 12.7. The predicted molar refractivity (Wildman–Crippen MR) is 149 cm³/mol. The fourth-order valence-electron chi connectivity index (χ4n) is 4.53. The van der Waals surface area contributed by atoms with E-state index in [2.05, 4.69) is 131 Å². The molecule has 0 saturated heterocycles. The van der Waals surface area contributed by atoms with Crippen molar-refractivity contribution in [2.45, 2.75) is 66.2 Å². The minimum atomic E-state index is 0.449. The quantitative estimate of drug-likeness (QED) is 0.386. The summed E-state index contributed by atoms with van der Waals surface area (Å²) in [5.41, 5.74) is 9.37. The van der Waals surface area contributed by atoms with Crippen LogP contribution in [0.1, 0.15) is 82.9 Å². The van der Waals surface area contributed by atoms with Crippen molar-refractivity contribution in [3.63, 3.8) is 0 Å². The molecule has 0 fully saturated rings. The Morgan fingerprint density at radius 3 is 2.06 bits per heavy atom. The summed E-state index contributed by atoms with van der Waals surface area (Å²) in [7, 11) is 4.21. The zero-order valence-electron chi connectivity index (χ0n) is 22.7. The van der Waals surface area contributed by atoms with E-state index in [9.17, 15) is 0 Å². The standard InChI is InChI=1S/C30H44N4/c1-10-11-32(8)19-31-26-14-25(15-27(18-26)34-13-12-33(9)20-34)30-28(22(4)5)16-24(21(2)3)17-29(30)23(6)7/h10-18,21-23,31H,19-20H2,1-9H3/b11-10-. The van der Waals surface area contributed by atoms with Crippen LogP contribution in [0.15, 0.2) is 55.0 Å². The Hall–Kier alpha value is -2.88. The minimum absolute atomic E-state index is 0.449. The molecule has 4 nitrogen and oxygen atoms in total. The van der Waals surface area contributed by atoms with Crippen LogP contribution >= 0.6 is 0 Å². The molecule has 0 atom stereocenters. The number of nitrogens with one attached hydrogen (secondary N) is 1. The Morgan fingerprint density at radius 2 is 1.56 bits per heavy atom. The highest BCUT2D eigenvalue weighted by molar-refractivity contribution is 5.80. The first-order chi connectivity index (χ1) is 16.1. The van der Waals surface area contributed by atoms with E-state index in [1.165, 1.54) is 33.5 Å². The maximum atomic E-state index is 3.65. The van der Waals surface area contributed by atoms with Gasteiger partial charge in [-0.3, -0.25) is 0 Å². The van der Waals surface area contributed by atoms with Gasteiger partial charge in [0.15, 0.2) is 0 Å². The molecule has 2 aromatic carbocycles. The van der Waals surface area contributed by atoms with Crippen LogP contribution in [0.4, 0.5) is 11.4 Å². The van der Waals surface area contributed by atoms with Gasteiger partial charge in [-0.25, -0.2) is 0 Å². The van der Waals surface area contributed by atoms with Gasteiger partial charge in [-0.1, -0.05) is 59.8 Å². The second-order valence-corrected chi connectivity index (χ2v) is 10.5. The van der Waals surface area contributed by atoms with Crippen molar-refractivity contribution in [1.29, 1.82) is 0 Å². The summed E-state index contributed by atoms with van der Waals surface area (Å²) in [6.45, 7) is 17.5. The molecule has 0 saturated carbocycles. The lowest BCUT2D eigenvalue weighted by Crippen LogP contribution is -2.22. The second kappa shape index (κ2) is 11.0. The highest BCUT2D eigenvalue weighted by atomic mass is 15.3. The van der Waals surface area contributed by atoms with Crippen LogP contribution in [-0.4, -0.2) is 37.2 Å².